The summed E-state index contributed by atoms with van der Waals surface area (Å²) in [5.74, 6) is -1.30. The summed E-state index contributed by atoms with van der Waals surface area (Å²) in [4.78, 5) is 39.7. The Balaban J connectivity index is 1.86. The average Bonchev–Trinajstić information content (AvgIpc) is 3.17. The number of nitrogens with one attached hydrogen (secondary N) is 1. The second-order valence-corrected chi connectivity index (χ2v) is 5.13. The van der Waals surface area contributed by atoms with Crippen molar-refractivity contribution in [3.05, 3.63) is 64.5 Å². The first-order valence-corrected chi connectivity index (χ1v) is 6.93. The first-order chi connectivity index (χ1) is 11.6. The van der Waals surface area contributed by atoms with E-state index >= 15 is 0 Å². The van der Waals surface area contributed by atoms with Crippen molar-refractivity contribution < 1.29 is 9.59 Å². The van der Waals surface area contributed by atoms with Gasteiger partial charge in [-0.3, -0.25) is 24.3 Å². The standard InChI is InChI=1S/C15H10N6O3/c16-13-12-10(14(23)19-15(12)24)5-11(22)21(13)9-3-1-8(2-4-9)20-7-17-6-18-20/h1-7H,16H2,(H,19,23,24). The quantitative estimate of drug-likeness (QED) is 0.634. The molecular formula is C15H10N6O3. The van der Waals surface area contributed by atoms with Crippen LogP contribution in [-0.4, -0.2) is 31.1 Å². The van der Waals surface area contributed by atoms with Crippen molar-refractivity contribution in [2.24, 2.45) is 0 Å². The summed E-state index contributed by atoms with van der Waals surface area (Å²) in [5, 5.41) is 6.14. The number of aromatic nitrogens is 4. The normalized spacial score (nSPS) is 13.0. The molecule has 0 radical (unpaired) electrons. The van der Waals surface area contributed by atoms with Gasteiger partial charge >= 0.3 is 0 Å². The number of pyridine rings is 1. The van der Waals surface area contributed by atoms with Gasteiger partial charge in [-0.25, -0.2) is 9.67 Å². The number of carbonyl (C=O) groups excluding carboxylic acids is 2. The molecule has 0 spiro atoms. The summed E-state index contributed by atoms with van der Waals surface area (Å²) in [5.41, 5.74) is 6.71. The number of fused-ring (bicyclic) bond motifs is 1. The van der Waals surface area contributed by atoms with Crippen LogP contribution < -0.4 is 16.6 Å². The maximum Gasteiger partial charge on any atom is 0.262 e. The zero-order valence-electron chi connectivity index (χ0n) is 12.1. The van der Waals surface area contributed by atoms with Crippen LogP contribution in [0, 0.1) is 0 Å². The van der Waals surface area contributed by atoms with E-state index in [2.05, 4.69) is 15.4 Å². The number of hydrogen-bond donors (Lipinski definition) is 2. The van der Waals surface area contributed by atoms with Crippen LogP contribution in [0.2, 0.25) is 0 Å². The van der Waals surface area contributed by atoms with E-state index in [1.165, 1.54) is 10.9 Å². The fraction of sp³-hybridized carbons (Fsp3) is 0. The number of benzene rings is 1. The smallest absolute Gasteiger partial charge is 0.262 e. The van der Waals surface area contributed by atoms with Gasteiger partial charge < -0.3 is 5.73 Å². The molecule has 0 atom stereocenters. The van der Waals surface area contributed by atoms with Gasteiger partial charge in [0.25, 0.3) is 17.4 Å². The van der Waals surface area contributed by atoms with E-state index in [1.807, 2.05) is 0 Å². The molecule has 1 aromatic carbocycles. The van der Waals surface area contributed by atoms with Crippen LogP contribution in [0.15, 0.2) is 47.8 Å². The van der Waals surface area contributed by atoms with Crippen molar-refractivity contribution in [1.29, 1.82) is 0 Å². The van der Waals surface area contributed by atoms with Crippen LogP contribution in [0.25, 0.3) is 11.4 Å². The highest BCUT2D eigenvalue weighted by molar-refractivity contribution is 6.23. The highest BCUT2D eigenvalue weighted by atomic mass is 16.2. The number of nitrogens with zero attached hydrogens (tertiary/aromatic N) is 4. The molecule has 3 aromatic rings. The Bertz CT molecular complexity index is 1030. The molecule has 1 aliphatic heterocycles. The molecule has 2 amide bonds. The minimum Gasteiger partial charge on any atom is -0.384 e. The maximum atomic E-state index is 12.3. The molecular weight excluding hydrogens is 312 g/mol. The number of nitrogen functional groups attached to an aromatic ring is 1. The molecule has 118 valence electrons. The van der Waals surface area contributed by atoms with Crippen LogP contribution in [0.4, 0.5) is 5.82 Å². The van der Waals surface area contributed by atoms with Gasteiger partial charge in [-0.2, -0.15) is 5.10 Å². The molecule has 9 nitrogen and oxygen atoms in total. The monoisotopic (exact) mass is 322 g/mol. The number of carbonyl (C=O) groups is 2. The van der Waals surface area contributed by atoms with E-state index in [9.17, 15) is 14.4 Å². The molecule has 0 aliphatic carbocycles. The predicted molar refractivity (Wildman–Crippen MR) is 83.2 cm³/mol. The predicted octanol–water partition coefficient (Wildman–Crippen LogP) is -0.116. The van der Waals surface area contributed by atoms with Crippen LogP contribution in [0.5, 0.6) is 0 Å². The van der Waals surface area contributed by atoms with Gasteiger partial charge in [0, 0.05) is 6.07 Å². The number of hydrogen-bond acceptors (Lipinski definition) is 6. The molecule has 4 rings (SSSR count). The first kappa shape index (κ1) is 13.9. The van der Waals surface area contributed by atoms with Gasteiger partial charge in [0.05, 0.1) is 22.5 Å². The highest BCUT2D eigenvalue weighted by Crippen LogP contribution is 2.23. The van der Waals surface area contributed by atoms with Gasteiger partial charge in [-0.15, -0.1) is 0 Å². The Hall–Kier alpha value is -3.75. The molecule has 0 fully saturated rings. The van der Waals surface area contributed by atoms with Crippen LogP contribution >= 0.6 is 0 Å². The molecule has 24 heavy (non-hydrogen) atoms. The zero-order chi connectivity index (χ0) is 16.8. The van der Waals surface area contributed by atoms with E-state index in [0.717, 1.165) is 11.8 Å². The Kier molecular flexibility index (Phi) is 2.82. The third-order valence-corrected chi connectivity index (χ3v) is 3.74. The Morgan fingerprint density at radius 1 is 1.00 bits per heavy atom. The summed E-state index contributed by atoms with van der Waals surface area (Å²) < 4.78 is 2.74. The van der Waals surface area contributed by atoms with Gasteiger partial charge in [0.15, 0.2) is 0 Å². The maximum absolute atomic E-state index is 12.3. The molecule has 1 aliphatic rings. The first-order valence-electron chi connectivity index (χ1n) is 6.93. The molecule has 0 unspecified atom stereocenters. The Labute approximate surface area is 134 Å². The Morgan fingerprint density at radius 3 is 2.38 bits per heavy atom. The zero-order valence-corrected chi connectivity index (χ0v) is 12.1. The molecule has 0 bridgehead atoms. The highest BCUT2D eigenvalue weighted by Gasteiger charge is 2.31. The second-order valence-electron chi connectivity index (χ2n) is 5.13. The molecule has 9 heteroatoms. The summed E-state index contributed by atoms with van der Waals surface area (Å²) in [6.45, 7) is 0. The van der Waals surface area contributed by atoms with Gasteiger partial charge in [-0.1, -0.05) is 0 Å². The van der Waals surface area contributed by atoms with Crippen LogP contribution in [-0.2, 0) is 0 Å². The van der Waals surface area contributed by atoms with Crippen molar-refractivity contribution in [2.45, 2.75) is 0 Å². The van der Waals surface area contributed by atoms with Crippen molar-refractivity contribution in [2.75, 3.05) is 5.73 Å². The topological polar surface area (TPSA) is 125 Å². The van der Waals surface area contributed by atoms with Crippen LogP contribution in [0.1, 0.15) is 20.7 Å². The fourth-order valence-electron chi connectivity index (χ4n) is 2.64. The van der Waals surface area contributed by atoms with E-state index in [-0.39, 0.29) is 16.9 Å². The van der Waals surface area contributed by atoms with Crippen molar-refractivity contribution in [3.8, 4) is 11.4 Å². The summed E-state index contributed by atoms with van der Waals surface area (Å²) in [6, 6.07) is 7.89. The largest absolute Gasteiger partial charge is 0.384 e. The Morgan fingerprint density at radius 2 is 1.71 bits per heavy atom. The lowest BCUT2D eigenvalue weighted by atomic mass is 10.1. The minimum atomic E-state index is -0.618. The van der Waals surface area contributed by atoms with Crippen molar-refractivity contribution in [1.82, 2.24) is 24.6 Å². The van der Waals surface area contributed by atoms with Gasteiger partial charge in [0.2, 0.25) is 0 Å². The van der Waals surface area contributed by atoms with Gasteiger partial charge in [0.1, 0.15) is 18.5 Å². The van der Waals surface area contributed by atoms with E-state index in [4.69, 9.17) is 5.73 Å². The summed E-state index contributed by atoms with van der Waals surface area (Å²) >= 11 is 0. The summed E-state index contributed by atoms with van der Waals surface area (Å²) in [7, 11) is 0. The minimum absolute atomic E-state index is 0.00187. The van der Waals surface area contributed by atoms with E-state index < -0.39 is 17.4 Å². The second kappa shape index (κ2) is 4.88. The average molecular weight is 322 g/mol. The molecule has 2 aromatic heterocycles. The number of imide groups is 1. The molecule has 0 saturated carbocycles. The third kappa shape index (κ3) is 1.92. The fourth-order valence-corrected chi connectivity index (χ4v) is 2.64. The number of rotatable bonds is 2. The lowest BCUT2D eigenvalue weighted by Gasteiger charge is -2.12. The lowest BCUT2D eigenvalue weighted by Crippen LogP contribution is -2.24. The molecule has 0 saturated heterocycles. The molecule has 3 N–H and O–H groups in total. The van der Waals surface area contributed by atoms with Gasteiger partial charge in [-0.05, 0) is 24.3 Å². The van der Waals surface area contributed by atoms with Crippen molar-refractivity contribution >= 4 is 17.6 Å². The number of amides is 2. The summed E-state index contributed by atoms with van der Waals surface area (Å²) in [6.07, 6.45) is 2.95. The SMILES string of the molecule is Nc1c2c(cc(=O)n1-c1ccc(-n3cncn3)cc1)C(=O)NC2=O. The van der Waals surface area contributed by atoms with Crippen molar-refractivity contribution in [3.63, 3.8) is 0 Å². The molecule has 3 heterocycles. The van der Waals surface area contributed by atoms with Crippen LogP contribution in [0.3, 0.4) is 0 Å². The lowest BCUT2D eigenvalue weighted by molar-refractivity contribution is 0.0880. The number of nitrogens with two attached hydrogens (primary N) is 1. The van der Waals surface area contributed by atoms with E-state index in [1.54, 1.807) is 35.3 Å². The number of anilines is 1. The third-order valence-electron chi connectivity index (χ3n) is 3.74. The van der Waals surface area contributed by atoms with E-state index in [0.29, 0.717) is 5.69 Å².